The summed E-state index contributed by atoms with van der Waals surface area (Å²) < 4.78 is 5.12. The van der Waals surface area contributed by atoms with Crippen LogP contribution in [-0.2, 0) is 9.53 Å². The van der Waals surface area contributed by atoms with E-state index < -0.39 is 17.7 Å². The van der Waals surface area contributed by atoms with Gasteiger partial charge in [0.1, 0.15) is 5.60 Å². The fourth-order valence-corrected chi connectivity index (χ4v) is 1.14. The molecule has 0 aromatic heterocycles. The molecule has 0 radical (unpaired) electrons. The van der Waals surface area contributed by atoms with Crippen molar-refractivity contribution in [1.29, 1.82) is 0 Å². The monoisotopic (exact) mass is 225 g/mol. The van der Waals surface area contributed by atoms with E-state index in [1.807, 2.05) is 0 Å². The Kier molecular flexibility index (Phi) is 3.37. The van der Waals surface area contributed by atoms with Gasteiger partial charge in [0.15, 0.2) is 0 Å². The normalized spacial score (nSPS) is 15.7. The van der Waals surface area contributed by atoms with Crippen molar-refractivity contribution in [3.05, 3.63) is 23.9 Å². The quantitative estimate of drug-likeness (QED) is 0.738. The van der Waals surface area contributed by atoms with Crippen LogP contribution in [0.1, 0.15) is 20.8 Å². The number of carboxylic acid groups (broad SMARTS) is 1. The summed E-state index contributed by atoms with van der Waals surface area (Å²) >= 11 is 0. The number of aliphatic carboxylic acids is 1. The smallest absolute Gasteiger partial charge is 0.414 e. The number of ether oxygens (including phenoxy) is 1. The third kappa shape index (κ3) is 3.42. The molecule has 1 rings (SSSR count). The highest BCUT2D eigenvalue weighted by Crippen LogP contribution is 2.14. The molecular weight excluding hydrogens is 210 g/mol. The fourth-order valence-electron chi connectivity index (χ4n) is 1.14. The molecule has 0 aromatic carbocycles. The van der Waals surface area contributed by atoms with E-state index >= 15 is 0 Å². The number of hydrogen-bond acceptors (Lipinski definition) is 3. The summed E-state index contributed by atoms with van der Waals surface area (Å²) in [5.41, 5.74) is -0.427. The number of amides is 1. The molecule has 1 aliphatic rings. The Labute approximate surface area is 94.0 Å². The lowest BCUT2D eigenvalue weighted by molar-refractivity contribution is -0.132. The summed E-state index contributed by atoms with van der Waals surface area (Å²) in [5, 5.41) is 8.79. The Morgan fingerprint density at radius 1 is 1.44 bits per heavy atom. The van der Waals surface area contributed by atoms with Crippen LogP contribution in [0.15, 0.2) is 23.9 Å². The van der Waals surface area contributed by atoms with Gasteiger partial charge >= 0.3 is 12.1 Å². The number of nitrogens with zero attached hydrogens (tertiary/aromatic N) is 1. The number of hydrogen-bond donors (Lipinski definition) is 1. The number of carboxylic acids is 1. The number of allylic oxidation sites excluding steroid dienone is 2. The van der Waals surface area contributed by atoms with Gasteiger partial charge in [-0.05, 0) is 32.9 Å². The number of carbonyl (C=O) groups is 2. The van der Waals surface area contributed by atoms with Crippen LogP contribution < -0.4 is 0 Å². The lowest BCUT2D eigenvalue weighted by Crippen LogP contribution is -2.36. The van der Waals surface area contributed by atoms with Crippen molar-refractivity contribution in [2.75, 3.05) is 6.54 Å². The van der Waals surface area contributed by atoms with E-state index in [1.165, 1.54) is 23.3 Å². The molecule has 1 heterocycles. The van der Waals surface area contributed by atoms with Crippen LogP contribution in [0.2, 0.25) is 0 Å². The van der Waals surface area contributed by atoms with Crippen molar-refractivity contribution < 1.29 is 19.4 Å². The summed E-state index contributed by atoms with van der Waals surface area (Å²) in [5.74, 6) is -1.03. The van der Waals surface area contributed by atoms with Crippen molar-refractivity contribution in [3.63, 3.8) is 0 Å². The Balaban J connectivity index is 2.65. The first-order valence-electron chi connectivity index (χ1n) is 4.90. The second-order valence-electron chi connectivity index (χ2n) is 4.45. The Morgan fingerprint density at radius 3 is 2.56 bits per heavy atom. The maximum atomic E-state index is 11.6. The first kappa shape index (κ1) is 12.3. The molecule has 1 N–H and O–H groups in total. The maximum Gasteiger partial charge on any atom is 0.414 e. The van der Waals surface area contributed by atoms with E-state index in [1.54, 1.807) is 20.8 Å². The van der Waals surface area contributed by atoms with Gasteiger partial charge in [-0.2, -0.15) is 0 Å². The minimum atomic E-state index is -1.03. The SMILES string of the molecule is CC(C)(C)OC(=O)N1C=CC=C(C(=O)O)C1. The summed E-state index contributed by atoms with van der Waals surface area (Å²) in [6.07, 6.45) is 3.93. The predicted molar refractivity (Wildman–Crippen MR) is 57.8 cm³/mol. The van der Waals surface area contributed by atoms with Crippen molar-refractivity contribution in [1.82, 2.24) is 4.90 Å². The van der Waals surface area contributed by atoms with E-state index in [4.69, 9.17) is 9.84 Å². The van der Waals surface area contributed by atoms with Gasteiger partial charge in [-0.3, -0.25) is 4.90 Å². The second-order valence-corrected chi connectivity index (χ2v) is 4.45. The van der Waals surface area contributed by atoms with Gasteiger partial charge in [0.25, 0.3) is 0 Å². The van der Waals surface area contributed by atoms with Gasteiger partial charge in [-0.1, -0.05) is 0 Å². The van der Waals surface area contributed by atoms with E-state index in [9.17, 15) is 9.59 Å². The molecule has 5 nitrogen and oxygen atoms in total. The minimum absolute atomic E-state index is 0.0285. The molecule has 5 heteroatoms. The molecule has 1 aliphatic heterocycles. The van der Waals surface area contributed by atoms with E-state index in [-0.39, 0.29) is 12.1 Å². The average Bonchev–Trinajstić information content (AvgIpc) is 2.15. The zero-order valence-electron chi connectivity index (χ0n) is 9.56. The second kappa shape index (κ2) is 4.38. The molecular formula is C11H15NO4. The summed E-state index contributed by atoms with van der Waals surface area (Å²) in [6, 6.07) is 0. The van der Waals surface area contributed by atoms with Crippen molar-refractivity contribution in [2.45, 2.75) is 26.4 Å². The molecule has 0 aliphatic carbocycles. The molecule has 0 unspecified atom stereocenters. The Hall–Kier alpha value is -1.78. The zero-order valence-corrected chi connectivity index (χ0v) is 9.56. The highest BCUT2D eigenvalue weighted by atomic mass is 16.6. The first-order valence-corrected chi connectivity index (χ1v) is 4.90. The van der Waals surface area contributed by atoms with Gasteiger partial charge in [-0.25, -0.2) is 9.59 Å². The van der Waals surface area contributed by atoms with E-state index in [0.29, 0.717) is 0 Å². The van der Waals surface area contributed by atoms with Crippen molar-refractivity contribution in [3.8, 4) is 0 Å². The van der Waals surface area contributed by atoms with Crippen LogP contribution in [0.25, 0.3) is 0 Å². The summed E-state index contributed by atoms with van der Waals surface area (Å²) in [4.78, 5) is 23.6. The van der Waals surface area contributed by atoms with Crippen molar-refractivity contribution in [2.24, 2.45) is 0 Å². The number of carbonyl (C=O) groups excluding carboxylic acids is 1. The fraction of sp³-hybridized carbons (Fsp3) is 0.455. The number of rotatable bonds is 1. The molecule has 1 amide bonds. The minimum Gasteiger partial charge on any atom is -0.478 e. The summed E-state index contributed by atoms with van der Waals surface area (Å²) in [7, 11) is 0. The highest BCUT2D eigenvalue weighted by Gasteiger charge is 2.24. The average molecular weight is 225 g/mol. The van der Waals surface area contributed by atoms with Crippen molar-refractivity contribution >= 4 is 12.1 Å². The molecule has 0 fully saturated rings. The lowest BCUT2D eigenvalue weighted by Gasteiger charge is -2.26. The van der Waals surface area contributed by atoms with Crippen LogP contribution in [0.5, 0.6) is 0 Å². The molecule has 0 atom stereocenters. The third-order valence-corrected chi connectivity index (χ3v) is 1.81. The molecule has 0 aromatic rings. The largest absolute Gasteiger partial charge is 0.478 e. The lowest BCUT2D eigenvalue weighted by atomic mass is 10.2. The van der Waals surface area contributed by atoms with Gasteiger partial charge in [0, 0.05) is 6.20 Å². The van der Waals surface area contributed by atoms with E-state index in [0.717, 1.165) is 0 Å². The standard InChI is InChI=1S/C11H15NO4/c1-11(2,3)16-10(15)12-6-4-5-8(7-12)9(13)14/h4-6H,7H2,1-3H3,(H,13,14). The van der Waals surface area contributed by atoms with Crippen LogP contribution in [0.4, 0.5) is 4.79 Å². The Bertz CT molecular complexity index is 363. The van der Waals surface area contributed by atoms with Gasteiger partial charge in [0.2, 0.25) is 0 Å². The van der Waals surface area contributed by atoms with Crippen LogP contribution in [-0.4, -0.2) is 34.2 Å². The van der Waals surface area contributed by atoms with Gasteiger partial charge in [-0.15, -0.1) is 0 Å². The van der Waals surface area contributed by atoms with Gasteiger partial charge < -0.3 is 9.84 Å². The first-order chi connectivity index (χ1) is 7.29. The summed E-state index contributed by atoms with van der Waals surface area (Å²) in [6.45, 7) is 5.30. The zero-order chi connectivity index (χ0) is 12.3. The topological polar surface area (TPSA) is 66.8 Å². The van der Waals surface area contributed by atoms with Crippen LogP contribution >= 0.6 is 0 Å². The maximum absolute atomic E-state index is 11.6. The van der Waals surface area contributed by atoms with Crippen LogP contribution in [0, 0.1) is 0 Å². The highest BCUT2D eigenvalue weighted by molar-refractivity contribution is 5.88. The molecule has 0 bridgehead atoms. The molecule has 88 valence electrons. The van der Waals surface area contributed by atoms with Crippen LogP contribution in [0.3, 0.4) is 0 Å². The van der Waals surface area contributed by atoms with E-state index in [2.05, 4.69) is 0 Å². The predicted octanol–water partition coefficient (Wildman–Crippen LogP) is 1.76. The molecule has 0 saturated carbocycles. The molecule has 16 heavy (non-hydrogen) atoms. The Morgan fingerprint density at radius 2 is 2.06 bits per heavy atom. The van der Waals surface area contributed by atoms with Gasteiger partial charge in [0.05, 0.1) is 12.1 Å². The third-order valence-electron chi connectivity index (χ3n) is 1.81. The molecule has 0 saturated heterocycles. The molecule has 0 spiro atoms.